The summed E-state index contributed by atoms with van der Waals surface area (Å²) in [6.07, 6.45) is 15.0. The third kappa shape index (κ3) is 19.4. The van der Waals surface area contributed by atoms with Crippen LogP contribution in [0.15, 0.2) is 115 Å². The number of rotatable bonds is 21. The van der Waals surface area contributed by atoms with Gasteiger partial charge in [-0.2, -0.15) is 19.2 Å². The molecule has 6 amide bonds. The first kappa shape index (κ1) is 77.0. The zero-order chi connectivity index (χ0) is 74.8. The van der Waals surface area contributed by atoms with Crippen molar-refractivity contribution in [3.63, 3.8) is 0 Å². The monoisotopic (exact) mass is 1470 g/mol. The average Bonchev–Trinajstić information content (AvgIpc) is 1.67. The highest BCUT2D eigenvalue weighted by Gasteiger charge is 2.47. The number of ether oxygens (including phenoxy) is 5. The summed E-state index contributed by atoms with van der Waals surface area (Å²) in [4.78, 5) is 138. The van der Waals surface area contributed by atoms with E-state index in [2.05, 4.69) is 65.6 Å². The van der Waals surface area contributed by atoms with Gasteiger partial charge in [0.1, 0.15) is 23.8 Å². The lowest BCUT2D eigenvalue weighted by atomic mass is 10.00. The smallest absolute Gasteiger partial charge is 0.416 e. The van der Waals surface area contributed by atoms with E-state index in [4.69, 9.17) is 42.9 Å². The minimum absolute atomic E-state index is 0.000748. The van der Waals surface area contributed by atoms with Gasteiger partial charge in [-0.1, -0.05) is 18.7 Å². The second-order valence-electron chi connectivity index (χ2n) is 26.2. The zero-order valence-corrected chi connectivity index (χ0v) is 61.2. The number of aromatic nitrogens is 2. The van der Waals surface area contributed by atoms with Gasteiger partial charge in [-0.3, -0.25) is 33.8 Å². The first-order valence-corrected chi connectivity index (χ1v) is 36.6. The molecule has 0 radical (unpaired) electrons. The number of benzene rings is 4. The lowest BCUT2D eigenvalue weighted by Crippen LogP contribution is -2.57. The number of hydrogen-bond acceptors (Lipinski definition) is 19. The number of aliphatic imine (C=N–C) groups is 1. The van der Waals surface area contributed by atoms with Crippen LogP contribution in [0.3, 0.4) is 0 Å². The van der Waals surface area contributed by atoms with Crippen LogP contribution in [-0.2, 0) is 63.5 Å². The molecule has 0 bridgehead atoms. The summed E-state index contributed by atoms with van der Waals surface area (Å²) >= 11 is 3.45. The SMILES string of the molecule is C=CCOC(=O)N1c2cc(OCCCC(=O)Nc3cc(C(=O)Nc4ccc5sc(C)cc5c4)n(C)c3)c(C)cc2C(=O)N2CCCC[C@H]2C1OC1CCCCO1.Cc1cc2cc(CC(=O)c3cc(NC(=O)CCCOc4cc5c(cc4C)C(=O)N4CCCC[C@H]4C=N5)cn3C)ccc2s1.O=C=O.O=C=O. The Morgan fingerprint density at radius 3 is 1.88 bits per heavy atom. The third-order valence-electron chi connectivity index (χ3n) is 18.5. The van der Waals surface area contributed by atoms with Crippen LogP contribution in [0.25, 0.3) is 20.2 Å². The van der Waals surface area contributed by atoms with Crippen molar-refractivity contribution in [1.82, 2.24) is 18.9 Å². The molecular weight excluding hydrogens is 1380 g/mol. The summed E-state index contributed by atoms with van der Waals surface area (Å²) in [7, 11) is 3.57. The zero-order valence-electron chi connectivity index (χ0n) is 59.6. The quantitative estimate of drug-likeness (QED) is 0.0342. The van der Waals surface area contributed by atoms with Crippen LogP contribution >= 0.6 is 22.7 Å². The molecule has 4 atom stereocenters. The van der Waals surface area contributed by atoms with E-state index in [-0.39, 0.29) is 79.7 Å². The summed E-state index contributed by atoms with van der Waals surface area (Å²) in [5.74, 6) is 0.341. The summed E-state index contributed by atoms with van der Waals surface area (Å²) in [5.41, 5.74) is 7.26. The van der Waals surface area contributed by atoms with Gasteiger partial charge in [-0.15, -0.1) is 22.7 Å². The summed E-state index contributed by atoms with van der Waals surface area (Å²) in [6, 6.07) is 26.4. The van der Waals surface area contributed by atoms with Crippen molar-refractivity contribution in [3.8, 4) is 11.5 Å². The highest BCUT2D eigenvalue weighted by molar-refractivity contribution is 7.19. The number of thiophene rings is 2. The highest BCUT2D eigenvalue weighted by atomic mass is 32.1. The molecule has 27 heteroatoms. The Labute approximate surface area is 615 Å². The lowest BCUT2D eigenvalue weighted by Gasteiger charge is -2.42. The molecule has 0 aliphatic carbocycles. The Balaban J connectivity index is 0.000000215. The van der Waals surface area contributed by atoms with Gasteiger partial charge in [-0.25, -0.2) is 9.69 Å². The van der Waals surface area contributed by atoms with E-state index in [1.165, 1.54) is 25.4 Å². The molecule has 0 spiro atoms. The van der Waals surface area contributed by atoms with Crippen LogP contribution in [0.4, 0.5) is 33.2 Å². The number of nitrogens with one attached hydrogen (secondary N) is 3. The van der Waals surface area contributed by atoms with E-state index in [1.54, 1.807) is 75.5 Å². The van der Waals surface area contributed by atoms with Gasteiger partial charge in [-0.05, 0) is 193 Å². The molecule has 8 aromatic rings. The van der Waals surface area contributed by atoms with Crippen LogP contribution in [0.2, 0.25) is 0 Å². The van der Waals surface area contributed by atoms with E-state index in [0.717, 1.165) is 78.1 Å². The van der Waals surface area contributed by atoms with E-state index < -0.39 is 24.7 Å². The first-order valence-electron chi connectivity index (χ1n) is 35.0. The van der Waals surface area contributed by atoms with Gasteiger partial charge in [0.05, 0.1) is 64.9 Å². The van der Waals surface area contributed by atoms with Gasteiger partial charge < -0.3 is 58.6 Å². The Hall–Kier alpha value is -10.7. The van der Waals surface area contributed by atoms with Crippen molar-refractivity contribution in [2.75, 3.05) is 60.4 Å². The number of piperidine rings is 2. The van der Waals surface area contributed by atoms with Crippen molar-refractivity contribution in [1.29, 1.82) is 0 Å². The van der Waals surface area contributed by atoms with E-state index >= 15 is 0 Å². The van der Waals surface area contributed by atoms with Crippen LogP contribution in [-0.4, -0.2) is 143 Å². The van der Waals surface area contributed by atoms with Gasteiger partial charge >= 0.3 is 18.4 Å². The molecule has 0 saturated carbocycles. The van der Waals surface area contributed by atoms with Crippen LogP contribution in [0.1, 0.15) is 152 Å². The predicted octanol–water partition coefficient (Wildman–Crippen LogP) is 13.5. The normalized spacial score (nSPS) is 17.1. The van der Waals surface area contributed by atoms with Crippen molar-refractivity contribution < 1.29 is 76.4 Å². The fourth-order valence-corrected chi connectivity index (χ4v) is 15.4. The number of ketones is 1. The molecular formula is C78H85N9O16S2. The number of carbonyl (C=O) groups is 7. The van der Waals surface area contributed by atoms with Crippen molar-refractivity contribution in [3.05, 3.63) is 159 Å². The molecule has 105 heavy (non-hydrogen) atoms. The number of aryl methyl sites for hydroxylation is 6. The van der Waals surface area contributed by atoms with E-state index in [0.29, 0.717) is 120 Å². The largest absolute Gasteiger partial charge is 0.493 e. The number of fused-ring (bicyclic) bond motifs is 6. The highest BCUT2D eigenvalue weighted by Crippen LogP contribution is 2.41. The number of nitrogens with zero attached hydrogens (tertiary/aromatic N) is 6. The molecule has 13 rings (SSSR count). The second-order valence-corrected chi connectivity index (χ2v) is 28.8. The lowest BCUT2D eigenvalue weighted by molar-refractivity contribution is -0.198. The number of amides is 6. The van der Waals surface area contributed by atoms with Crippen LogP contribution in [0, 0.1) is 27.7 Å². The number of carbonyl (C=O) groups excluding carboxylic acids is 11. The molecule has 4 aromatic carbocycles. The number of Topliss-reactive ketones (excluding diaryl/α,β-unsaturated/α-hetero) is 1. The maximum absolute atomic E-state index is 14.2. The molecule has 5 aliphatic heterocycles. The topological polar surface area (TPSA) is 302 Å². The van der Waals surface area contributed by atoms with Gasteiger partial charge in [0.15, 0.2) is 18.3 Å². The Morgan fingerprint density at radius 2 is 1.23 bits per heavy atom. The van der Waals surface area contributed by atoms with Crippen LogP contribution < -0.4 is 30.3 Å². The molecule has 3 saturated heterocycles. The molecule has 3 N–H and O–H groups in total. The fourth-order valence-electron chi connectivity index (χ4n) is 13.6. The number of anilines is 4. The first-order chi connectivity index (χ1) is 50.7. The number of hydrogen-bond donors (Lipinski definition) is 3. The summed E-state index contributed by atoms with van der Waals surface area (Å²) in [5, 5.41) is 11.0. The molecule has 3 fully saturated rings. The van der Waals surface area contributed by atoms with Crippen molar-refractivity contribution in [2.24, 2.45) is 19.1 Å². The molecule has 4 aromatic heterocycles. The second kappa shape index (κ2) is 36.2. The van der Waals surface area contributed by atoms with Crippen LogP contribution in [0.5, 0.6) is 11.5 Å². The fraction of sp³-hybridized carbons (Fsp3) is 0.385. The van der Waals surface area contributed by atoms with Crippen molar-refractivity contribution in [2.45, 2.75) is 142 Å². The molecule has 550 valence electrons. The predicted molar refractivity (Wildman–Crippen MR) is 397 cm³/mol. The third-order valence-corrected chi connectivity index (χ3v) is 20.6. The minimum Gasteiger partial charge on any atom is -0.493 e. The molecule has 5 aliphatic rings. The Bertz CT molecular complexity index is 4630. The van der Waals surface area contributed by atoms with Gasteiger partial charge in [0.25, 0.3) is 17.7 Å². The Morgan fingerprint density at radius 1 is 0.648 bits per heavy atom. The minimum atomic E-state index is -0.843. The Kier molecular flexibility index (Phi) is 26.5. The maximum Gasteiger partial charge on any atom is 0.416 e. The maximum atomic E-state index is 14.2. The van der Waals surface area contributed by atoms with E-state index in [1.807, 2.05) is 73.3 Å². The van der Waals surface area contributed by atoms with E-state index in [9.17, 15) is 33.6 Å². The summed E-state index contributed by atoms with van der Waals surface area (Å²) < 4.78 is 36.2. The standard InChI is InChI=1S/C42H49N5O8S.C34H36N4O4S.2CO2/c1-5-17-54-42(51)47-33-24-35(26(2)20-31(33)40(50)46-16-8-6-11-32(46)41(47)55-38-13-7-9-18-53-38)52-19-10-12-37(48)43-30-23-34(45(4)25-30)39(49)44-29-14-15-36-28(22-29)21-27(3)56-36;1-21-13-27-28(35-19-26-7-4-5-11-38(26)34(27)41)18-31(21)42-12-6-8-33(40)36-25-17-29(37(3)20-25)30(39)16-23-9-10-32-24(15-23)14-22(2)43-32;2*2-1-3/h5,14-15,20-25,32,38,41H,1,6-13,16-19H2,2-4H3,(H,43,48)(H,44,49);9-10,13-15,17-20,26H,4-8,11-12,16H2,1-3H3,(H,36,40);;/t32-,38?,41?;26-;;/m00../s1. The van der Waals surface area contributed by atoms with Crippen molar-refractivity contribution >= 4 is 131 Å². The molecule has 25 nitrogen and oxygen atoms in total. The molecule has 2 unspecified atom stereocenters. The summed E-state index contributed by atoms with van der Waals surface area (Å²) in [6.45, 7) is 14.0. The van der Waals surface area contributed by atoms with Gasteiger partial charge in [0.2, 0.25) is 11.8 Å². The average molecular weight is 1470 g/mol. The van der Waals surface area contributed by atoms with Gasteiger partial charge in [0, 0.05) is 109 Å². The molecule has 9 heterocycles.